The van der Waals surface area contributed by atoms with Gasteiger partial charge in [0.05, 0.1) is 7.11 Å². The molecule has 3 amide bonds. The summed E-state index contributed by atoms with van der Waals surface area (Å²) in [5, 5.41) is 2.62. The van der Waals surface area contributed by atoms with Crippen LogP contribution in [-0.2, 0) is 31.2 Å². The Morgan fingerprint density at radius 2 is 1.90 bits per heavy atom. The molecule has 3 rings (SSSR count). The highest BCUT2D eigenvalue weighted by Gasteiger charge is 2.49. The fourth-order valence-corrected chi connectivity index (χ4v) is 3.06. The van der Waals surface area contributed by atoms with Crippen LogP contribution in [0.1, 0.15) is 34.4 Å². The molecule has 0 bridgehead atoms. The van der Waals surface area contributed by atoms with Crippen molar-refractivity contribution in [3.05, 3.63) is 59.0 Å². The van der Waals surface area contributed by atoms with Crippen molar-refractivity contribution in [2.45, 2.75) is 26.0 Å². The number of carbonyl (C=O) groups is 4. The lowest BCUT2D eigenvalue weighted by atomic mass is 9.92. The van der Waals surface area contributed by atoms with Crippen LogP contribution in [0.15, 0.2) is 40.8 Å². The zero-order chi connectivity index (χ0) is 21.2. The number of esters is 2. The smallest absolute Gasteiger partial charge is 0.341 e. The molecular weight excluding hydrogens is 380 g/mol. The third-order valence-corrected chi connectivity index (χ3v) is 4.66. The first kappa shape index (κ1) is 20.1. The number of nitrogens with zero attached hydrogens (tertiary/aromatic N) is 1. The van der Waals surface area contributed by atoms with Crippen molar-refractivity contribution in [2.75, 3.05) is 13.7 Å². The van der Waals surface area contributed by atoms with Crippen molar-refractivity contribution >= 4 is 23.9 Å². The van der Waals surface area contributed by atoms with Gasteiger partial charge >= 0.3 is 18.0 Å². The van der Waals surface area contributed by atoms with E-state index in [1.165, 1.54) is 13.2 Å². The SMILES string of the molecule is COC(=O)c1cc(COC(=O)CN2C(=O)N[C@@](C)(c3ccccc3)C2=O)oc1C. The molecule has 29 heavy (non-hydrogen) atoms. The van der Waals surface area contributed by atoms with Gasteiger partial charge in [-0.05, 0) is 25.5 Å². The van der Waals surface area contributed by atoms with E-state index in [-0.39, 0.29) is 17.9 Å². The van der Waals surface area contributed by atoms with E-state index >= 15 is 0 Å². The molecule has 1 aliphatic rings. The Hall–Kier alpha value is -3.62. The number of aryl methyl sites for hydroxylation is 1. The molecule has 9 heteroatoms. The summed E-state index contributed by atoms with van der Waals surface area (Å²) in [6, 6.07) is 9.48. The zero-order valence-corrected chi connectivity index (χ0v) is 16.2. The van der Waals surface area contributed by atoms with E-state index in [0.29, 0.717) is 11.3 Å². The van der Waals surface area contributed by atoms with Crippen molar-refractivity contribution in [3.63, 3.8) is 0 Å². The first-order valence-electron chi connectivity index (χ1n) is 8.79. The second-order valence-electron chi connectivity index (χ2n) is 6.65. The van der Waals surface area contributed by atoms with Crippen LogP contribution in [0, 0.1) is 6.92 Å². The number of methoxy groups -OCH3 is 1. The minimum atomic E-state index is -1.26. The van der Waals surface area contributed by atoms with Crippen LogP contribution in [-0.4, -0.2) is 42.4 Å². The minimum absolute atomic E-state index is 0.228. The lowest BCUT2D eigenvalue weighted by Gasteiger charge is -2.21. The molecule has 1 N–H and O–H groups in total. The Balaban J connectivity index is 1.63. The number of hydrogen-bond donors (Lipinski definition) is 1. The second-order valence-corrected chi connectivity index (χ2v) is 6.65. The van der Waals surface area contributed by atoms with E-state index in [4.69, 9.17) is 9.15 Å². The van der Waals surface area contributed by atoms with Crippen LogP contribution in [0.25, 0.3) is 0 Å². The maximum absolute atomic E-state index is 12.8. The summed E-state index contributed by atoms with van der Waals surface area (Å²) in [4.78, 5) is 49.6. The number of imide groups is 1. The molecule has 1 aromatic carbocycles. The molecule has 0 saturated carbocycles. The second kappa shape index (κ2) is 7.78. The molecule has 2 heterocycles. The molecular formula is C20H20N2O7. The number of furan rings is 1. The Kier molecular flexibility index (Phi) is 5.40. The van der Waals surface area contributed by atoms with Gasteiger partial charge in [-0.2, -0.15) is 0 Å². The van der Waals surface area contributed by atoms with E-state index in [0.717, 1.165) is 4.90 Å². The summed E-state index contributed by atoms with van der Waals surface area (Å²) in [5.41, 5.74) is -0.423. The molecule has 1 aromatic heterocycles. The highest BCUT2D eigenvalue weighted by molar-refractivity contribution is 6.08. The van der Waals surface area contributed by atoms with Gasteiger partial charge in [0.1, 0.15) is 35.8 Å². The van der Waals surface area contributed by atoms with E-state index in [1.54, 1.807) is 44.2 Å². The van der Waals surface area contributed by atoms with E-state index < -0.39 is 36.0 Å². The van der Waals surface area contributed by atoms with Gasteiger partial charge in [0.25, 0.3) is 5.91 Å². The fourth-order valence-electron chi connectivity index (χ4n) is 3.06. The number of urea groups is 1. The van der Waals surface area contributed by atoms with Crippen LogP contribution < -0.4 is 5.32 Å². The molecule has 0 spiro atoms. The number of carbonyl (C=O) groups excluding carboxylic acids is 4. The van der Waals surface area contributed by atoms with Gasteiger partial charge in [0.15, 0.2) is 0 Å². The van der Waals surface area contributed by atoms with Crippen LogP contribution in [0.3, 0.4) is 0 Å². The van der Waals surface area contributed by atoms with Gasteiger partial charge in [-0.25, -0.2) is 9.59 Å². The van der Waals surface area contributed by atoms with Crippen LogP contribution in [0.4, 0.5) is 4.79 Å². The lowest BCUT2D eigenvalue weighted by molar-refractivity contribution is -0.149. The molecule has 1 saturated heterocycles. The molecule has 0 radical (unpaired) electrons. The van der Waals surface area contributed by atoms with Crippen molar-refractivity contribution in [1.29, 1.82) is 0 Å². The Bertz CT molecular complexity index is 966. The van der Waals surface area contributed by atoms with E-state index in [2.05, 4.69) is 10.1 Å². The molecule has 9 nitrogen and oxygen atoms in total. The highest BCUT2D eigenvalue weighted by Crippen LogP contribution is 2.28. The molecule has 0 aliphatic carbocycles. The summed E-state index contributed by atoms with van der Waals surface area (Å²) in [6.07, 6.45) is 0. The predicted octanol–water partition coefficient (Wildman–Crippen LogP) is 1.89. The van der Waals surface area contributed by atoms with Gasteiger partial charge < -0.3 is 19.2 Å². The number of hydrogen-bond acceptors (Lipinski definition) is 7. The lowest BCUT2D eigenvalue weighted by Crippen LogP contribution is -2.41. The summed E-state index contributed by atoms with van der Waals surface area (Å²) in [6.45, 7) is 2.36. The average molecular weight is 400 g/mol. The number of ether oxygens (including phenoxy) is 2. The molecule has 1 aliphatic heterocycles. The predicted molar refractivity (Wildman–Crippen MR) is 98.6 cm³/mol. The van der Waals surface area contributed by atoms with E-state index in [9.17, 15) is 19.2 Å². The minimum Gasteiger partial charge on any atom is -0.465 e. The molecule has 1 fully saturated rings. The zero-order valence-electron chi connectivity index (χ0n) is 16.2. The number of amides is 3. The van der Waals surface area contributed by atoms with Crippen molar-refractivity contribution in [3.8, 4) is 0 Å². The van der Waals surface area contributed by atoms with E-state index in [1.807, 2.05) is 0 Å². The van der Waals surface area contributed by atoms with Gasteiger partial charge in [0, 0.05) is 0 Å². The Morgan fingerprint density at radius 1 is 1.21 bits per heavy atom. The Morgan fingerprint density at radius 3 is 2.55 bits per heavy atom. The highest BCUT2D eigenvalue weighted by atomic mass is 16.5. The first-order chi connectivity index (χ1) is 13.8. The quantitative estimate of drug-likeness (QED) is 0.581. The summed E-state index contributed by atoms with van der Waals surface area (Å²) < 4.78 is 15.1. The average Bonchev–Trinajstić information content (AvgIpc) is 3.19. The molecule has 152 valence electrons. The fraction of sp³-hybridized carbons (Fsp3) is 0.300. The molecule has 1 atom stereocenters. The summed E-state index contributed by atoms with van der Waals surface area (Å²) in [5.74, 6) is -1.34. The van der Waals surface area contributed by atoms with Gasteiger partial charge in [-0.15, -0.1) is 0 Å². The number of nitrogens with one attached hydrogen (secondary N) is 1. The largest absolute Gasteiger partial charge is 0.465 e. The monoisotopic (exact) mass is 400 g/mol. The van der Waals surface area contributed by atoms with Crippen LogP contribution in [0.2, 0.25) is 0 Å². The third-order valence-electron chi connectivity index (χ3n) is 4.66. The van der Waals surface area contributed by atoms with Crippen molar-refractivity contribution in [1.82, 2.24) is 10.2 Å². The Labute approximate surface area is 166 Å². The van der Waals surface area contributed by atoms with Crippen molar-refractivity contribution < 1.29 is 33.1 Å². The van der Waals surface area contributed by atoms with Gasteiger partial charge in [-0.1, -0.05) is 30.3 Å². The number of rotatable bonds is 6. The maximum Gasteiger partial charge on any atom is 0.341 e. The van der Waals surface area contributed by atoms with Crippen molar-refractivity contribution in [2.24, 2.45) is 0 Å². The molecule has 2 aromatic rings. The topological polar surface area (TPSA) is 115 Å². The first-order valence-corrected chi connectivity index (χ1v) is 8.79. The normalized spacial score (nSPS) is 18.5. The standard InChI is InChI=1S/C20H20N2O7/c1-12-15(17(24)27-3)9-14(29-12)11-28-16(23)10-22-18(25)20(2,21-19(22)26)13-7-5-4-6-8-13/h4-9H,10-11H2,1-3H3,(H,21,26)/t20-/m0/s1. The summed E-state index contributed by atoms with van der Waals surface area (Å²) in [7, 11) is 1.25. The number of benzene rings is 1. The molecule has 0 unspecified atom stereocenters. The van der Waals surface area contributed by atoms with Crippen LogP contribution >= 0.6 is 0 Å². The maximum atomic E-state index is 12.8. The van der Waals surface area contributed by atoms with Crippen LogP contribution in [0.5, 0.6) is 0 Å². The van der Waals surface area contributed by atoms with Gasteiger partial charge in [-0.3, -0.25) is 14.5 Å². The van der Waals surface area contributed by atoms with Gasteiger partial charge in [0.2, 0.25) is 0 Å². The third kappa shape index (κ3) is 3.84. The summed E-state index contributed by atoms with van der Waals surface area (Å²) >= 11 is 0.